The molecule has 3 N–H and O–H groups in total. The molecule has 2 aromatic heterocycles. The van der Waals surface area contributed by atoms with Crippen LogP contribution in [0.1, 0.15) is 28.9 Å². The summed E-state index contributed by atoms with van der Waals surface area (Å²) in [6, 6.07) is 1.75. The molecule has 0 radical (unpaired) electrons. The lowest BCUT2D eigenvalue weighted by Gasteiger charge is -2.06. The third-order valence-corrected chi connectivity index (χ3v) is 2.54. The van der Waals surface area contributed by atoms with Gasteiger partial charge in [-0.3, -0.25) is 10.2 Å². The van der Waals surface area contributed by atoms with E-state index < -0.39 is 5.91 Å². The Morgan fingerprint density at radius 2 is 2.47 bits per heavy atom. The highest BCUT2D eigenvalue weighted by molar-refractivity contribution is 5.92. The summed E-state index contributed by atoms with van der Waals surface area (Å²) in [5.74, 6) is 5.86. The van der Waals surface area contributed by atoms with Gasteiger partial charge < -0.3 is 8.98 Å². The minimum atomic E-state index is -0.428. The number of furan rings is 1. The van der Waals surface area contributed by atoms with Gasteiger partial charge in [0.05, 0.1) is 12.8 Å². The minimum absolute atomic E-state index is 0.239. The fourth-order valence-corrected chi connectivity index (χ4v) is 1.71. The molecular weight excluding hydrogens is 220 g/mol. The highest BCUT2D eigenvalue weighted by Gasteiger charge is 2.15. The zero-order valence-corrected chi connectivity index (χ0v) is 9.51. The summed E-state index contributed by atoms with van der Waals surface area (Å²) in [5.41, 5.74) is 2.84. The van der Waals surface area contributed by atoms with E-state index in [1.807, 2.05) is 17.7 Å². The average Bonchev–Trinajstić information content (AvgIpc) is 2.97. The van der Waals surface area contributed by atoms with Crippen molar-refractivity contribution in [1.29, 1.82) is 0 Å². The molecule has 0 atom stereocenters. The number of nitrogen functional groups attached to an aromatic ring is 1. The van der Waals surface area contributed by atoms with Gasteiger partial charge in [-0.1, -0.05) is 6.92 Å². The number of hydrogen-bond donors (Lipinski definition) is 2. The van der Waals surface area contributed by atoms with Crippen LogP contribution in [0.5, 0.6) is 0 Å². The first-order valence-electron chi connectivity index (χ1n) is 5.33. The van der Waals surface area contributed by atoms with Crippen molar-refractivity contribution in [3.05, 3.63) is 41.9 Å². The number of rotatable bonds is 4. The first-order valence-corrected chi connectivity index (χ1v) is 5.33. The Kier molecular flexibility index (Phi) is 3.24. The van der Waals surface area contributed by atoms with E-state index in [1.54, 1.807) is 12.3 Å². The van der Waals surface area contributed by atoms with Crippen LogP contribution in [-0.4, -0.2) is 15.5 Å². The molecule has 0 aliphatic carbocycles. The second kappa shape index (κ2) is 4.84. The molecule has 0 spiro atoms. The van der Waals surface area contributed by atoms with E-state index in [1.165, 1.54) is 6.26 Å². The van der Waals surface area contributed by atoms with Gasteiger partial charge in [0.15, 0.2) is 5.76 Å². The van der Waals surface area contributed by atoms with Gasteiger partial charge in [-0.25, -0.2) is 10.8 Å². The number of aryl methyl sites for hydroxylation is 1. The first kappa shape index (κ1) is 11.4. The van der Waals surface area contributed by atoms with Crippen LogP contribution in [0.3, 0.4) is 0 Å². The predicted octanol–water partition coefficient (Wildman–Crippen LogP) is 0.690. The number of nitrogens with two attached hydrogens (primary N) is 1. The SMILES string of the molecule is CCc1nccn1Cc1ccoc1C(=O)NN. The normalized spacial score (nSPS) is 10.5. The number of carbonyl (C=O) groups excluding carboxylic acids is 1. The lowest BCUT2D eigenvalue weighted by Crippen LogP contribution is -2.30. The van der Waals surface area contributed by atoms with E-state index in [2.05, 4.69) is 10.4 Å². The maximum atomic E-state index is 11.4. The monoisotopic (exact) mass is 234 g/mol. The van der Waals surface area contributed by atoms with Crippen LogP contribution < -0.4 is 11.3 Å². The first-order chi connectivity index (χ1) is 8.26. The van der Waals surface area contributed by atoms with Crippen molar-refractivity contribution >= 4 is 5.91 Å². The Labute approximate surface area is 98.4 Å². The van der Waals surface area contributed by atoms with Gasteiger partial charge in [-0.15, -0.1) is 0 Å². The van der Waals surface area contributed by atoms with Gasteiger partial charge in [0.2, 0.25) is 0 Å². The minimum Gasteiger partial charge on any atom is -0.459 e. The molecule has 0 aliphatic heterocycles. The molecule has 0 aromatic carbocycles. The molecule has 2 heterocycles. The number of amides is 1. The third kappa shape index (κ3) is 2.21. The summed E-state index contributed by atoms with van der Waals surface area (Å²) in [5, 5.41) is 0. The van der Waals surface area contributed by atoms with E-state index in [0.29, 0.717) is 6.54 Å². The number of nitrogens with one attached hydrogen (secondary N) is 1. The average molecular weight is 234 g/mol. The van der Waals surface area contributed by atoms with Crippen molar-refractivity contribution in [2.45, 2.75) is 19.9 Å². The smallest absolute Gasteiger partial charge is 0.301 e. The van der Waals surface area contributed by atoms with Crippen LogP contribution in [0.4, 0.5) is 0 Å². The van der Waals surface area contributed by atoms with Crippen molar-refractivity contribution in [1.82, 2.24) is 15.0 Å². The number of hydrogen-bond acceptors (Lipinski definition) is 4. The number of carbonyl (C=O) groups is 1. The molecule has 0 bridgehead atoms. The van der Waals surface area contributed by atoms with Crippen molar-refractivity contribution in [3.63, 3.8) is 0 Å². The number of hydrazine groups is 1. The number of aromatic nitrogens is 2. The van der Waals surface area contributed by atoms with Gasteiger partial charge in [0.25, 0.3) is 0 Å². The zero-order valence-electron chi connectivity index (χ0n) is 9.51. The largest absolute Gasteiger partial charge is 0.459 e. The molecule has 17 heavy (non-hydrogen) atoms. The Morgan fingerprint density at radius 1 is 1.65 bits per heavy atom. The highest BCUT2D eigenvalue weighted by Crippen LogP contribution is 2.13. The fraction of sp³-hybridized carbons (Fsp3) is 0.273. The van der Waals surface area contributed by atoms with Crippen LogP contribution in [0.2, 0.25) is 0 Å². The van der Waals surface area contributed by atoms with Gasteiger partial charge in [0.1, 0.15) is 5.82 Å². The van der Waals surface area contributed by atoms with Crippen LogP contribution in [0.15, 0.2) is 29.1 Å². The van der Waals surface area contributed by atoms with Crippen molar-refractivity contribution in [2.75, 3.05) is 0 Å². The molecule has 0 unspecified atom stereocenters. The Bertz CT molecular complexity index is 515. The molecule has 6 heteroatoms. The van der Waals surface area contributed by atoms with Gasteiger partial charge >= 0.3 is 5.91 Å². The van der Waals surface area contributed by atoms with Crippen LogP contribution in [0.25, 0.3) is 0 Å². The number of imidazole rings is 1. The fourth-order valence-electron chi connectivity index (χ4n) is 1.71. The zero-order chi connectivity index (χ0) is 12.3. The predicted molar refractivity (Wildman–Crippen MR) is 61.1 cm³/mol. The summed E-state index contributed by atoms with van der Waals surface area (Å²) in [6.07, 6.45) is 5.92. The third-order valence-electron chi connectivity index (χ3n) is 2.54. The van der Waals surface area contributed by atoms with Crippen LogP contribution in [0, 0.1) is 0 Å². The maximum Gasteiger partial charge on any atom is 0.301 e. The molecule has 2 aromatic rings. The highest BCUT2D eigenvalue weighted by atomic mass is 16.3. The van der Waals surface area contributed by atoms with Gasteiger partial charge in [0, 0.05) is 24.4 Å². The quantitative estimate of drug-likeness (QED) is 0.463. The summed E-state index contributed by atoms with van der Waals surface area (Å²) in [6.45, 7) is 2.57. The molecule has 0 saturated carbocycles. The standard InChI is InChI=1S/C11H14N4O2/c1-2-9-13-4-5-15(9)7-8-3-6-17-10(8)11(16)14-12/h3-6H,2,7,12H2,1H3,(H,14,16). The summed E-state index contributed by atoms with van der Waals surface area (Å²) in [4.78, 5) is 15.6. The summed E-state index contributed by atoms with van der Waals surface area (Å²) < 4.78 is 7.08. The van der Waals surface area contributed by atoms with Crippen molar-refractivity contribution in [3.8, 4) is 0 Å². The molecule has 0 saturated heterocycles. The van der Waals surface area contributed by atoms with E-state index in [4.69, 9.17) is 10.3 Å². The van der Waals surface area contributed by atoms with E-state index in [-0.39, 0.29) is 5.76 Å². The summed E-state index contributed by atoms with van der Waals surface area (Å²) >= 11 is 0. The van der Waals surface area contributed by atoms with E-state index >= 15 is 0 Å². The molecule has 0 aliphatic rings. The van der Waals surface area contributed by atoms with Crippen molar-refractivity contribution < 1.29 is 9.21 Å². The molecule has 1 amide bonds. The number of nitrogens with zero attached hydrogens (tertiary/aromatic N) is 2. The molecule has 0 fully saturated rings. The topological polar surface area (TPSA) is 86.1 Å². The molecule has 90 valence electrons. The maximum absolute atomic E-state index is 11.4. The van der Waals surface area contributed by atoms with Crippen LogP contribution >= 0.6 is 0 Å². The van der Waals surface area contributed by atoms with E-state index in [9.17, 15) is 4.79 Å². The second-order valence-electron chi connectivity index (χ2n) is 3.57. The van der Waals surface area contributed by atoms with Gasteiger partial charge in [-0.05, 0) is 6.07 Å². The molecular formula is C11H14N4O2. The lowest BCUT2D eigenvalue weighted by atomic mass is 10.2. The van der Waals surface area contributed by atoms with Gasteiger partial charge in [-0.2, -0.15) is 0 Å². The Balaban J connectivity index is 2.25. The molecule has 6 nitrogen and oxygen atoms in total. The van der Waals surface area contributed by atoms with E-state index in [0.717, 1.165) is 17.8 Å². The lowest BCUT2D eigenvalue weighted by molar-refractivity contribution is 0.0924. The Morgan fingerprint density at radius 3 is 3.18 bits per heavy atom. The van der Waals surface area contributed by atoms with Crippen LogP contribution in [-0.2, 0) is 13.0 Å². The van der Waals surface area contributed by atoms with Crippen molar-refractivity contribution in [2.24, 2.45) is 5.84 Å². The molecule has 2 rings (SSSR count). The second-order valence-corrected chi connectivity index (χ2v) is 3.57. The summed E-state index contributed by atoms with van der Waals surface area (Å²) in [7, 11) is 0. The Hall–Kier alpha value is -2.08.